The Bertz CT molecular complexity index is 741. The van der Waals surface area contributed by atoms with Gasteiger partial charge in [0.1, 0.15) is 6.04 Å². The number of ether oxygens (including phenoxy) is 1. The van der Waals surface area contributed by atoms with Gasteiger partial charge in [-0.1, -0.05) is 54.1 Å². The summed E-state index contributed by atoms with van der Waals surface area (Å²) in [7, 11) is 0. The first-order chi connectivity index (χ1) is 12.5. The average Bonchev–Trinajstić information content (AvgIpc) is 3.04. The molecule has 2 aromatic carbocycles. The molecule has 1 aliphatic heterocycles. The molecule has 3 rings (SSSR count). The van der Waals surface area contributed by atoms with Gasteiger partial charge in [-0.15, -0.1) is 0 Å². The van der Waals surface area contributed by atoms with Crippen LogP contribution >= 0.6 is 11.6 Å². The molecule has 0 bridgehead atoms. The van der Waals surface area contributed by atoms with Gasteiger partial charge in [-0.25, -0.2) is 0 Å². The Kier molecular flexibility index (Phi) is 5.88. The number of rotatable bonds is 6. The van der Waals surface area contributed by atoms with E-state index in [1.165, 1.54) is 0 Å². The number of nitrogens with zero attached hydrogens (tertiary/aromatic N) is 1. The van der Waals surface area contributed by atoms with Gasteiger partial charge >= 0.3 is 0 Å². The standard InChI is InChI=1S/C19H21ClN2O4/c1-2-26-19(23)17-15(12-6-4-3-5-7-12)18(22(24)25)16(21-17)13-8-10-14(20)11-9-13/h3-11,15-19,21,23H,2H2,1H3/t15-,16+,17+,18+,19?/m1/s1. The molecule has 0 radical (unpaired) electrons. The molecular weight excluding hydrogens is 356 g/mol. The van der Waals surface area contributed by atoms with Crippen LogP contribution in [0.15, 0.2) is 54.6 Å². The lowest BCUT2D eigenvalue weighted by molar-refractivity contribution is -0.527. The second-order valence-corrected chi connectivity index (χ2v) is 6.72. The monoisotopic (exact) mass is 376 g/mol. The zero-order chi connectivity index (χ0) is 18.7. The molecule has 0 saturated carbocycles. The van der Waals surface area contributed by atoms with E-state index in [0.29, 0.717) is 11.6 Å². The number of nitrogens with one attached hydrogen (secondary N) is 1. The molecule has 7 heteroatoms. The first-order valence-electron chi connectivity index (χ1n) is 8.52. The van der Waals surface area contributed by atoms with Gasteiger partial charge in [0.25, 0.3) is 0 Å². The van der Waals surface area contributed by atoms with E-state index in [-0.39, 0.29) is 4.92 Å². The smallest absolute Gasteiger partial charge is 0.240 e. The number of aliphatic hydroxyl groups is 1. The summed E-state index contributed by atoms with van der Waals surface area (Å²) in [5, 5.41) is 26.2. The van der Waals surface area contributed by atoms with E-state index in [1.807, 2.05) is 30.3 Å². The van der Waals surface area contributed by atoms with Crippen LogP contribution in [0.25, 0.3) is 0 Å². The van der Waals surface area contributed by atoms with Gasteiger partial charge < -0.3 is 9.84 Å². The summed E-state index contributed by atoms with van der Waals surface area (Å²) in [5.74, 6) is -0.534. The highest BCUT2D eigenvalue weighted by molar-refractivity contribution is 6.30. The lowest BCUT2D eigenvalue weighted by Gasteiger charge is -2.24. The Morgan fingerprint density at radius 3 is 2.42 bits per heavy atom. The molecule has 1 heterocycles. The number of hydrogen-bond donors (Lipinski definition) is 2. The Labute approximate surface area is 156 Å². The van der Waals surface area contributed by atoms with Crippen molar-refractivity contribution in [2.75, 3.05) is 6.61 Å². The van der Waals surface area contributed by atoms with E-state index >= 15 is 0 Å². The summed E-state index contributed by atoms with van der Waals surface area (Å²) >= 11 is 5.95. The van der Waals surface area contributed by atoms with Gasteiger partial charge in [0.2, 0.25) is 6.04 Å². The fourth-order valence-corrected chi connectivity index (χ4v) is 3.79. The molecule has 1 saturated heterocycles. The third kappa shape index (κ3) is 3.73. The van der Waals surface area contributed by atoms with Crippen molar-refractivity contribution in [2.45, 2.75) is 37.3 Å². The first-order valence-corrected chi connectivity index (χ1v) is 8.90. The third-order valence-corrected chi connectivity index (χ3v) is 5.02. The van der Waals surface area contributed by atoms with Crippen molar-refractivity contribution >= 4 is 11.6 Å². The van der Waals surface area contributed by atoms with Crippen molar-refractivity contribution in [2.24, 2.45) is 0 Å². The lowest BCUT2D eigenvalue weighted by atomic mass is 9.85. The highest BCUT2D eigenvalue weighted by Crippen LogP contribution is 2.41. The maximum atomic E-state index is 12.0. The molecule has 0 amide bonds. The molecule has 138 valence electrons. The van der Waals surface area contributed by atoms with Crippen molar-refractivity contribution in [3.63, 3.8) is 0 Å². The molecule has 0 aliphatic carbocycles. The highest BCUT2D eigenvalue weighted by Gasteiger charge is 2.54. The predicted octanol–water partition coefficient (Wildman–Crippen LogP) is 3.14. The van der Waals surface area contributed by atoms with E-state index in [2.05, 4.69) is 5.32 Å². The molecule has 1 fully saturated rings. The summed E-state index contributed by atoms with van der Waals surface area (Å²) < 4.78 is 5.36. The SMILES string of the molecule is CCOC(O)[C@H]1N[C@@H](c2ccc(Cl)cc2)[C@@H]([N+](=O)[O-])[C@@H]1c1ccccc1. The summed E-state index contributed by atoms with van der Waals surface area (Å²) in [4.78, 5) is 11.7. The normalized spacial score (nSPS) is 26.6. The second kappa shape index (κ2) is 8.14. The zero-order valence-electron chi connectivity index (χ0n) is 14.3. The van der Waals surface area contributed by atoms with Gasteiger partial charge in [0.15, 0.2) is 6.29 Å². The summed E-state index contributed by atoms with van der Waals surface area (Å²) in [6.45, 7) is 2.09. The van der Waals surface area contributed by atoms with E-state index < -0.39 is 30.3 Å². The van der Waals surface area contributed by atoms with Gasteiger partial charge in [-0.3, -0.25) is 15.4 Å². The van der Waals surface area contributed by atoms with Crippen molar-refractivity contribution in [1.82, 2.24) is 5.32 Å². The van der Waals surface area contributed by atoms with Gasteiger partial charge in [-0.05, 0) is 30.2 Å². The van der Waals surface area contributed by atoms with Crippen molar-refractivity contribution in [3.8, 4) is 0 Å². The molecule has 2 aromatic rings. The highest BCUT2D eigenvalue weighted by atomic mass is 35.5. The van der Waals surface area contributed by atoms with Crippen LogP contribution in [0.3, 0.4) is 0 Å². The minimum Gasteiger partial charge on any atom is -0.367 e. The van der Waals surface area contributed by atoms with Crippen molar-refractivity contribution in [1.29, 1.82) is 0 Å². The fourth-order valence-electron chi connectivity index (χ4n) is 3.66. The minimum atomic E-state index is -1.15. The maximum absolute atomic E-state index is 12.0. The average molecular weight is 377 g/mol. The van der Waals surface area contributed by atoms with E-state index in [0.717, 1.165) is 11.1 Å². The van der Waals surface area contributed by atoms with Crippen LogP contribution in [0, 0.1) is 10.1 Å². The van der Waals surface area contributed by atoms with Crippen molar-refractivity contribution in [3.05, 3.63) is 80.9 Å². The topological polar surface area (TPSA) is 84.6 Å². The Hall–Kier alpha value is -1.99. The largest absolute Gasteiger partial charge is 0.367 e. The number of halogens is 1. The number of aliphatic hydroxyl groups excluding tert-OH is 1. The van der Waals surface area contributed by atoms with Crippen LogP contribution in [0.4, 0.5) is 0 Å². The molecule has 5 atom stereocenters. The molecule has 2 N–H and O–H groups in total. The minimum absolute atomic E-state index is 0.275. The van der Waals surface area contributed by atoms with Gasteiger partial charge in [-0.2, -0.15) is 0 Å². The quantitative estimate of drug-likeness (QED) is 0.459. The maximum Gasteiger partial charge on any atom is 0.240 e. The number of benzene rings is 2. The van der Waals surface area contributed by atoms with Gasteiger partial charge in [0, 0.05) is 16.6 Å². The summed E-state index contributed by atoms with van der Waals surface area (Å²) in [6.07, 6.45) is -1.15. The zero-order valence-corrected chi connectivity index (χ0v) is 15.0. The second-order valence-electron chi connectivity index (χ2n) is 6.28. The van der Waals surface area contributed by atoms with Crippen LogP contribution in [0.1, 0.15) is 30.0 Å². The first kappa shape index (κ1) is 18.8. The molecule has 26 heavy (non-hydrogen) atoms. The predicted molar refractivity (Wildman–Crippen MR) is 98.7 cm³/mol. The molecular formula is C19H21ClN2O4. The molecule has 0 aromatic heterocycles. The Morgan fingerprint density at radius 2 is 1.85 bits per heavy atom. The molecule has 0 spiro atoms. The summed E-state index contributed by atoms with van der Waals surface area (Å²) in [5.41, 5.74) is 1.55. The van der Waals surface area contributed by atoms with E-state index in [1.54, 1.807) is 31.2 Å². The van der Waals surface area contributed by atoms with Crippen LogP contribution in [0.2, 0.25) is 5.02 Å². The van der Waals surface area contributed by atoms with E-state index in [4.69, 9.17) is 16.3 Å². The lowest BCUT2D eigenvalue weighted by Crippen LogP contribution is -2.41. The Balaban J connectivity index is 2.04. The van der Waals surface area contributed by atoms with E-state index in [9.17, 15) is 15.2 Å². The van der Waals surface area contributed by atoms with Crippen molar-refractivity contribution < 1.29 is 14.8 Å². The van der Waals surface area contributed by atoms with Crippen LogP contribution in [-0.4, -0.2) is 35.0 Å². The fraction of sp³-hybridized carbons (Fsp3) is 0.368. The number of nitro groups is 1. The summed E-state index contributed by atoms with van der Waals surface area (Å²) in [6, 6.07) is 14.1. The Morgan fingerprint density at radius 1 is 1.19 bits per heavy atom. The number of hydrogen-bond acceptors (Lipinski definition) is 5. The van der Waals surface area contributed by atoms with Crippen LogP contribution in [-0.2, 0) is 4.74 Å². The molecule has 1 unspecified atom stereocenters. The van der Waals surface area contributed by atoms with Gasteiger partial charge in [0.05, 0.1) is 12.0 Å². The molecule has 1 aliphatic rings. The van der Waals surface area contributed by atoms with Crippen LogP contribution in [0.5, 0.6) is 0 Å². The molecule has 6 nitrogen and oxygen atoms in total. The van der Waals surface area contributed by atoms with Crippen LogP contribution < -0.4 is 5.32 Å². The third-order valence-electron chi connectivity index (χ3n) is 4.77.